The predicted molar refractivity (Wildman–Crippen MR) is 133 cm³/mol. The van der Waals surface area contributed by atoms with Gasteiger partial charge in [0.15, 0.2) is 11.6 Å². The highest BCUT2D eigenvalue weighted by atomic mass is 35.5. The van der Waals surface area contributed by atoms with Gasteiger partial charge in [-0.05, 0) is 64.4 Å². The van der Waals surface area contributed by atoms with Crippen molar-refractivity contribution in [1.82, 2.24) is 20.2 Å². The van der Waals surface area contributed by atoms with E-state index in [-0.39, 0.29) is 36.0 Å². The summed E-state index contributed by atoms with van der Waals surface area (Å²) in [5, 5.41) is 3.42. The number of ether oxygens (including phenoxy) is 2. The van der Waals surface area contributed by atoms with Gasteiger partial charge in [-0.25, -0.2) is 14.4 Å². The highest BCUT2D eigenvalue weighted by Gasteiger charge is 2.45. The van der Waals surface area contributed by atoms with Crippen LogP contribution in [0.1, 0.15) is 43.5 Å². The number of nitrogens with zero attached hydrogens (tertiary/aromatic N) is 4. The number of hydrogen-bond donors (Lipinski definition) is 1. The maximum atomic E-state index is 14.3. The zero-order valence-corrected chi connectivity index (χ0v) is 21.0. The lowest BCUT2D eigenvalue weighted by atomic mass is 9.72. The third kappa shape index (κ3) is 5.22. The van der Waals surface area contributed by atoms with Crippen molar-refractivity contribution in [3.8, 4) is 11.5 Å². The van der Waals surface area contributed by atoms with Crippen LogP contribution in [0.25, 0.3) is 0 Å². The summed E-state index contributed by atoms with van der Waals surface area (Å²) in [5.41, 5.74) is 0.514. The Bertz CT molecular complexity index is 1040. The van der Waals surface area contributed by atoms with Crippen LogP contribution in [0.2, 0.25) is 0 Å². The standard InChI is InChI=1S/C25H32FN5O3.ClH/c1-17(2)31(19-5-10-33-13-19)24(32)20-11-18(26)3-4-21(20)34-22-12-28-16-29-23(22)30-14-25(15-30)6-8-27-9-7-25;/h3-4,11-12,16-17,19,27H,5-10,13-15H2,1-2H3;1H/t19-;/m0./s1. The number of amides is 1. The van der Waals surface area contributed by atoms with Gasteiger partial charge in [0.1, 0.15) is 17.9 Å². The molecule has 1 aromatic heterocycles. The molecule has 190 valence electrons. The Kier molecular flexibility index (Phi) is 7.78. The molecule has 3 aliphatic heterocycles. The summed E-state index contributed by atoms with van der Waals surface area (Å²) in [4.78, 5) is 26.2. The minimum atomic E-state index is -0.484. The summed E-state index contributed by atoms with van der Waals surface area (Å²) in [5.74, 6) is 0.710. The second-order valence-electron chi connectivity index (χ2n) is 9.88. The van der Waals surface area contributed by atoms with Crippen LogP contribution in [0.5, 0.6) is 11.5 Å². The molecule has 0 bridgehead atoms. The first-order chi connectivity index (χ1) is 16.5. The molecule has 0 unspecified atom stereocenters. The van der Waals surface area contributed by atoms with Crippen molar-refractivity contribution in [1.29, 1.82) is 0 Å². The van der Waals surface area contributed by atoms with Gasteiger partial charge in [0, 0.05) is 31.2 Å². The summed E-state index contributed by atoms with van der Waals surface area (Å²) in [7, 11) is 0. The lowest BCUT2D eigenvalue weighted by molar-refractivity contribution is 0.0578. The van der Waals surface area contributed by atoms with Crippen molar-refractivity contribution in [3.05, 3.63) is 42.1 Å². The number of rotatable bonds is 6. The molecule has 2 aromatic rings. The van der Waals surface area contributed by atoms with Crippen molar-refractivity contribution < 1.29 is 18.7 Å². The fraction of sp³-hybridized carbons (Fsp3) is 0.560. The van der Waals surface area contributed by atoms with Crippen LogP contribution >= 0.6 is 12.4 Å². The number of hydrogen-bond acceptors (Lipinski definition) is 7. The second kappa shape index (κ2) is 10.6. The molecule has 3 aliphatic rings. The van der Waals surface area contributed by atoms with Crippen LogP contribution in [0.15, 0.2) is 30.7 Å². The number of aromatic nitrogens is 2. The van der Waals surface area contributed by atoms with Gasteiger partial charge in [-0.2, -0.15) is 0 Å². The first-order valence-electron chi connectivity index (χ1n) is 12.1. The number of benzene rings is 1. The Morgan fingerprint density at radius 2 is 2.06 bits per heavy atom. The molecular weight excluding hydrogens is 473 g/mol. The van der Waals surface area contributed by atoms with E-state index < -0.39 is 5.82 Å². The van der Waals surface area contributed by atoms with Gasteiger partial charge >= 0.3 is 0 Å². The van der Waals surface area contributed by atoms with Crippen molar-refractivity contribution in [2.24, 2.45) is 5.41 Å². The van der Waals surface area contributed by atoms with E-state index in [1.165, 1.54) is 24.5 Å². The van der Waals surface area contributed by atoms with Gasteiger partial charge < -0.3 is 24.6 Å². The SMILES string of the molecule is CC(C)N(C(=O)c1cc(F)ccc1Oc1cncnc1N1CC2(CCNCC2)C1)[C@H]1CCOC1.Cl. The maximum Gasteiger partial charge on any atom is 0.258 e. The fourth-order valence-electron chi connectivity index (χ4n) is 5.39. The molecule has 10 heteroatoms. The largest absolute Gasteiger partial charge is 0.451 e. The smallest absolute Gasteiger partial charge is 0.258 e. The van der Waals surface area contributed by atoms with E-state index >= 15 is 0 Å². The third-order valence-corrected chi connectivity index (χ3v) is 7.16. The van der Waals surface area contributed by atoms with Gasteiger partial charge in [-0.1, -0.05) is 0 Å². The normalized spacial score (nSPS) is 20.9. The molecule has 0 aliphatic carbocycles. The molecule has 1 atom stereocenters. The molecule has 1 aromatic carbocycles. The number of piperidine rings is 1. The van der Waals surface area contributed by atoms with Gasteiger partial charge in [-0.3, -0.25) is 4.79 Å². The predicted octanol–water partition coefficient (Wildman–Crippen LogP) is 3.66. The third-order valence-electron chi connectivity index (χ3n) is 7.16. The quantitative estimate of drug-likeness (QED) is 0.641. The highest BCUT2D eigenvalue weighted by Crippen LogP contribution is 2.43. The van der Waals surface area contributed by atoms with E-state index in [2.05, 4.69) is 20.2 Å². The number of anilines is 1. The van der Waals surface area contributed by atoms with E-state index in [0.29, 0.717) is 35.9 Å². The van der Waals surface area contributed by atoms with E-state index in [0.717, 1.165) is 45.4 Å². The summed E-state index contributed by atoms with van der Waals surface area (Å²) in [6.45, 7) is 8.93. The van der Waals surface area contributed by atoms with E-state index in [1.54, 1.807) is 11.1 Å². The van der Waals surface area contributed by atoms with Crippen LogP contribution in [-0.2, 0) is 4.74 Å². The molecule has 5 rings (SSSR count). The number of halogens is 2. The average molecular weight is 506 g/mol. The van der Waals surface area contributed by atoms with Crippen LogP contribution in [0.3, 0.4) is 0 Å². The summed E-state index contributed by atoms with van der Waals surface area (Å²) < 4.78 is 26.0. The second-order valence-corrected chi connectivity index (χ2v) is 9.88. The number of nitrogens with one attached hydrogen (secondary N) is 1. The summed E-state index contributed by atoms with van der Waals surface area (Å²) >= 11 is 0. The summed E-state index contributed by atoms with van der Waals surface area (Å²) in [6, 6.07) is 3.96. The molecule has 0 radical (unpaired) electrons. The first kappa shape index (κ1) is 25.6. The minimum absolute atomic E-state index is 0. The fourth-order valence-corrected chi connectivity index (χ4v) is 5.39. The lowest BCUT2D eigenvalue weighted by Gasteiger charge is -2.53. The van der Waals surface area contributed by atoms with Crippen LogP contribution in [0, 0.1) is 11.2 Å². The van der Waals surface area contributed by atoms with E-state index in [9.17, 15) is 9.18 Å². The number of carbonyl (C=O) groups excluding carboxylic acids is 1. The Morgan fingerprint density at radius 1 is 1.29 bits per heavy atom. The van der Waals surface area contributed by atoms with Crippen LogP contribution in [-0.4, -0.2) is 72.3 Å². The molecule has 0 saturated carbocycles. The Hall–Kier alpha value is -2.49. The molecule has 3 fully saturated rings. The number of carbonyl (C=O) groups is 1. The van der Waals surface area contributed by atoms with Gasteiger partial charge in [0.2, 0.25) is 0 Å². The molecule has 8 nitrogen and oxygen atoms in total. The van der Waals surface area contributed by atoms with Crippen molar-refractivity contribution >= 4 is 24.1 Å². The van der Waals surface area contributed by atoms with Gasteiger partial charge in [-0.15, -0.1) is 12.4 Å². The highest BCUT2D eigenvalue weighted by molar-refractivity contribution is 5.97. The van der Waals surface area contributed by atoms with E-state index in [4.69, 9.17) is 9.47 Å². The minimum Gasteiger partial charge on any atom is -0.451 e. The van der Waals surface area contributed by atoms with Crippen molar-refractivity contribution in [3.63, 3.8) is 0 Å². The zero-order chi connectivity index (χ0) is 23.7. The molecule has 4 heterocycles. The van der Waals surface area contributed by atoms with Crippen molar-refractivity contribution in [2.75, 3.05) is 44.3 Å². The van der Waals surface area contributed by atoms with Gasteiger partial charge in [0.25, 0.3) is 5.91 Å². The molecule has 1 spiro atoms. The molecule has 1 amide bonds. The summed E-state index contributed by atoms with van der Waals surface area (Å²) in [6.07, 6.45) is 6.18. The maximum absolute atomic E-state index is 14.3. The van der Waals surface area contributed by atoms with Crippen molar-refractivity contribution in [2.45, 2.75) is 45.2 Å². The Morgan fingerprint density at radius 3 is 2.74 bits per heavy atom. The molecule has 1 N–H and O–H groups in total. The van der Waals surface area contributed by atoms with Gasteiger partial charge in [0.05, 0.1) is 24.4 Å². The molecule has 3 saturated heterocycles. The molecular formula is C25H33ClFN5O3. The average Bonchev–Trinajstić information content (AvgIpc) is 3.33. The molecule has 35 heavy (non-hydrogen) atoms. The Balaban J connectivity index is 0.00000289. The lowest BCUT2D eigenvalue weighted by Crippen LogP contribution is -2.60. The zero-order valence-electron chi connectivity index (χ0n) is 20.2. The topological polar surface area (TPSA) is 79.8 Å². The monoisotopic (exact) mass is 505 g/mol. The van der Waals surface area contributed by atoms with E-state index in [1.807, 2.05) is 13.8 Å². The van der Waals surface area contributed by atoms with Crippen LogP contribution in [0.4, 0.5) is 10.2 Å². The first-order valence-corrected chi connectivity index (χ1v) is 12.1. The van der Waals surface area contributed by atoms with Crippen LogP contribution < -0.4 is 15.0 Å². The Labute approximate surface area is 211 Å².